The number of hydrogen-bond donors (Lipinski definition) is 2. The van der Waals surface area contributed by atoms with Gasteiger partial charge in [0.1, 0.15) is 5.75 Å². The largest absolute Gasteiger partial charge is 0.508 e. The third kappa shape index (κ3) is 3.67. The van der Waals surface area contributed by atoms with E-state index in [1.54, 1.807) is 6.92 Å². The van der Waals surface area contributed by atoms with E-state index in [-0.39, 0.29) is 11.9 Å². The van der Waals surface area contributed by atoms with E-state index in [0.717, 1.165) is 44.0 Å². The predicted molar refractivity (Wildman–Crippen MR) is 84.7 cm³/mol. The Morgan fingerprint density at radius 2 is 2.00 bits per heavy atom. The van der Waals surface area contributed by atoms with Gasteiger partial charge in [-0.15, -0.1) is 0 Å². The molecule has 1 unspecified atom stereocenters. The van der Waals surface area contributed by atoms with Gasteiger partial charge in [0.05, 0.1) is 0 Å². The molecule has 0 spiro atoms. The molecule has 1 aromatic rings. The minimum Gasteiger partial charge on any atom is -0.508 e. The van der Waals surface area contributed by atoms with Gasteiger partial charge in [-0.25, -0.2) is 0 Å². The summed E-state index contributed by atoms with van der Waals surface area (Å²) < 4.78 is 0. The molecule has 0 aliphatic carbocycles. The van der Waals surface area contributed by atoms with Crippen molar-refractivity contribution in [3.63, 3.8) is 0 Å². The zero-order chi connectivity index (χ0) is 15.4. The van der Waals surface area contributed by atoms with E-state index in [4.69, 9.17) is 0 Å². The van der Waals surface area contributed by atoms with Gasteiger partial charge in [0.25, 0.3) is 0 Å². The van der Waals surface area contributed by atoms with E-state index in [1.165, 1.54) is 0 Å². The van der Waals surface area contributed by atoms with Crippen molar-refractivity contribution < 1.29 is 9.90 Å². The number of anilines is 1. The number of piperazine rings is 1. The highest BCUT2D eigenvalue weighted by molar-refractivity contribution is 5.73. The minimum absolute atomic E-state index is 0.132. The first-order chi connectivity index (χ1) is 10.0. The Balaban J connectivity index is 2.05. The fraction of sp³-hybridized carbons (Fsp3) is 0.562. The third-order valence-electron chi connectivity index (χ3n) is 4.08. The standard InChI is InChI=1S/C16H25N3O2/c1-4-17-12(2)15-6-5-14(11-16(15)21)19-9-7-18(8-10-19)13(3)20/h5-6,11-12,17,21H,4,7-10H2,1-3H3. The smallest absolute Gasteiger partial charge is 0.219 e. The Kier molecular flexibility index (Phi) is 5.07. The van der Waals surface area contributed by atoms with Crippen LogP contribution in [0, 0.1) is 0 Å². The molecule has 1 aliphatic rings. The average Bonchev–Trinajstić information content (AvgIpc) is 2.47. The maximum atomic E-state index is 11.3. The molecule has 2 N–H and O–H groups in total. The van der Waals surface area contributed by atoms with Crippen LogP contribution in [0.15, 0.2) is 18.2 Å². The summed E-state index contributed by atoms with van der Waals surface area (Å²) in [5.41, 5.74) is 1.94. The molecule has 0 bridgehead atoms. The summed E-state index contributed by atoms with van der Waals surface area (Å²) in [6.07, 6.45) is 0. The van der Waals surface area contributed by atoms with E-state index in [1.807, 2.05) is 30.0 Å². The Morgan fingerprint density at radius 1 is 1.33 bits per heavy atom. The zero-order valence-corrected chi connectivity index (χ0v) is 13.1. The van der Waals surface area contributed by atoms with Crippen LogP contribution in [0.25, 0.3) is 0 Å². The van der Waals surface area contributed by atoms with Crippen LogP contribution < -0.4 is 10.2 Å². The molecule has 1 amide bonds. The molecule has 21 heavy (non-hydrogen) atoms. The topological polar surface area (TPSA) is 55.8 Å². The molecule has 0 radical (unpaired) electrons. The van der Waals surface area contributed by atoms with Crippen LogP contribution >= 0.6 is 0 Å². The first-order valence-electron chi connectivity index (χ1n) is 7.59. The lowest BCUT2D eigenvalue weighted by atomic mass is 10.1. The van der Waals surface area contributed by atoms with Gasteiger partial charge < -0.3 is 20.2 Å². The molecular formula is C16H25N3O2. The van der Waals surface area contributed by atoms with Crippen LogP contribution in [0.5, 0.6) is 5.75 Å². The van der Waals surface area contributed by atoms with Crippen molar-refractivity contribution in [2.24, 2.45) is 0 Å². The van der Waals surface area contributed by atoms with E-state index >= 15 is 0 Å². The van der Waals surface area contributed by atoms with Gasteiger partial charge in [0.2, 0.25) is 5.91 Å². The SMILES string of the molecule is CCNC(C)c1ccc(N2CCN(C(C)=O)CC2)cc1O. The molecule has 1 aliphatic heterocycles. The lowest BCUT2D eigenvalue weighted by Gasteiger charge is -2.35. The summed E-state index contributed by atoms with van der Waals surface area (Å²) in [4.78, 5) is 15.4. The third-order valence-corrected chi connectivity index (χ3v) is 4.08. The molecule has 0 saturated carbocycles. The minimum atomic E-state index is 0.132. The van der Waals surface area contributed by atoms with Gasteiger partial charge in [-0.1, -0.05) is 13.0 Å². The number of rotatable bonds is 4. The Bertz CT molecular complexity index is 496. The first kappa shape index (κ1) is 15.6. The van der Waals surface area contributed by atoms with Crippen LogP contribution in [-0.4, -0.2) is 48.6 Å². The summed E-state index contributed by atoms with van der Waals surface area (Å²) in [6, 6.07) is 5.99. The number of hydrogen-bond acceptors (Lipinski definition) is 4. The molecule has 116 valence electrons. The molecular weight excluding hydrogens is 266 g/mol. The summed E-state index contributed by atoms with van der Waals surface area (Å²) in [5, 5.41) is 13.5. The number of carbonyl (C=O) groups is 1. The molecule has 0 aromatic heterocycles. The molecule has 5 heteroatoms. The van der Waals surface area contributed by atoms with Crippen molar-refractivity contribution in [1.82, 2.24) is 10.2 Å². The first-order valence-corrected chi connectivity index (χ1v) is 7.59. The monoisotopic (exact) mass is 291 g/mol. The number of phenols is 1. The van der Waals surface area contributed by atoms with Crippen LogP contribution in [0.3, 0.4) is 0 Å². The van der Waals surface area contributed by atoms with E-state index < -0.39 is 0 Å². The van der Waals surface area contributed by atoms with Gasteiger partial charge >= 0.3 is 0 Å². The van der Waals surface area contributed by atoms with Crippen molar-refractivity contribution in [1.29, 1.82) is 0 Å². The molecule has 5 nitrogen and oxygen atoms in total. The maximum absolute atomic E-state index is 11.3. The van der Waals surface area contributed by atoms with Gasteiger partial charge in [-0.05, 0) is 19.5 Å². The molecule has 1 fully saturated rings. The van der Waals surface area contributed by atoms with Crippen molar-refractivity contribution in [3.8, 4) is 5.75 Å². The van der Waals surface area contributed by atoms with Crippen molar-refractivity contribution in [2.45, 2.75) is 26.8 Å². The lowest BCUT2D eigenvalue weighted by Crippen LogP contribution is -2.48. The quantitative estimate of drug-likeness (QED) is 0.887. The van der Waals surface area contributed by atoms with Gasteiger partial charge in [0, 0.05) is 56.5 Å². The fourth-order valence-electron chi connectivity index (χ4n) is 2.79. The summed E-state index contributed by atoms with van der Waals surface area (Å²) in [6.45, 7) is 9.67. The van der Waals surface area contributed by atoms with Crippen LogP contribution in [0.1, 0.15) is 32.4 Å². The van der Waals surface area contributed by atoms with Crippen molar-refractivity contribution in [3.05, 3.63) is 23.8 Å². The normalized spacial score (nSPS) is 16.9. The van der Waals surface area contributed by atoms with Crippen LogP contribution in [0.2, 0.25) is 0 Å². The number of carbonyl (C=O) groups excluding carboxylic acids is 1. The molecule has 1 atom stereocenters. The summed E-state index contributed by atoms with van der Waals surface area (Å²) in [7, 11) is 0. The number of nitrogens with zero attached hydrogens (tertiary/aromatic N) is 2. The molecule has 2 rings (SSSR count). The van der Waals surface area contributed by atoms with E-state index in [0.29, 0.717) is 5.75 Å². The van der Waals surface area contributed by atoms with Crippen LogP contribution in [-0.2, 0) is 4.79 Å². The van der Waals surface area contributed by atoms with Gasteiger partial charge in [-0.2, -0.15) is 0 Å². The van der Waals surface area contributed by atoms with E-state index in [2.05, 4.69) is 17.1 Å². The lowest BCUT2D eigenvalue weighted by molar-refractivity contribution is -0.129. The Labute approximate surface area is 126 Å². The predicted octanol–water partition coefficient (Wildman–Crippen LogP) is 1.73. The summed E-state index contributed by atoms with van der Waals surface area (Å²) in [5.74, 6) is 0.460. The number of nitrogens with one attached hydrogen (secondary N) is 1. The second-order valence-corrected chi connectivity index (χ2v) is 5.52. The zero-order valence-electron chi connectivity index (χ0n) is 13.1. The fourth-order valence-corrected chi connectivity index (χ4v) is 2.79. The van der Waals surface area contributed by atoms with E-state index in [9.17, 15) is 9.90 Å². The number of amides is 1. The second kappa shape index (κ2) is 6.80. The molecule has 1 saturated heterocycles. The average molecular weight is 291 g/mol. The highest BCUT2D eigenvalue weighted by Crippen LogP contribution is 2.29. The second-order valence-electron chi connectivity index (χ2n) is 5.52. The molecule has 1 heterocycles. The number of benzene rings is 1. The highest BCUT2D eigenvalue weighted by atomic mass is 16.3. The summed E-state index contributed by atoms with van der Waals surface area (Å²) >= 11 is 0. The van der Waals surface area contributed by atoms with Gasteiger partial charge in [0.15, 0.2) is 0 Å². The molecule has 1 aromatic carbocycles. The maximum Gasteiger partial charge on any atom is 0.219 e. The van der Waals surface area contributed by atoms with Gasteiger partial charge in [-0.3, -0.25) is 4.79 Å². The number of aromatic hydroxyl groups is 1. The van der Waals surface area contributed by atoms with Crippen LogP contribution in [0.4, 0.5) is 5.69 Å². The van der Waals surface area contributed by atoms with Crippen molar-refractivity contribution in [2.75, 3.05) is 37.6 Å². The highest BCUT2D eigenvalue weighted by Gasteiger charge is 2.20. The number of phenolic OH excluding ortho intramolecular Hbond substituents is 1. The van der Waals surface area contributed by atoms with Crippen molar-refractivity contribution >= 4 is 11.6 Å². The Hall–Kier alpha value is -1.75. The Morgan fingerprint density at radius 3 is 2.52 bits per heavy atom.